The Hall–Kier alpha value is -0.600. The highest BCUT2D eigenvalue weighted by atomic mass is 79.9. The van der Waals surface area contributed by atoms with Gasteiger partial charge in [0.05, 0.1) is 0 Å². The van der Waals surface area contributed by atoms with Crippen LogP contribution in [0.1, 0.15) is 44.5 Å². The summed E-state index contributed by atoms with van der Waals surface area (Å²) in [6.07, 6.45) is 0.993. The Morgan fingerprint density at radius 3 is 1.29 bits per heavy atom. The first kappa shape index (κ1) is 16.8. The van der Waals surface area contributed by atoms with Crippen LogP contribution in [0.15, 0.2) is 21.1 Å². The normalized spacial score (nSPS) is 11.0. The molecule has 0 atom stereocenters. The van der Waals surface area contributed by atoms with Crippen LogP contribution in [0.5, 0.6) is 0 Å². The molecule has 0 aliphatic rings. The summed E-state index contributed by atoms with van der Waals surface area (Å²) in [4.78, 5) is 0. The monoisotopic (exact) mass is 408 g/mol. The molecule has 0 saturated heterocycles. The van der Waals surface area contributed by atoms with E-state index in [9.17, 15) is 0 Å². The fraction of sp³-hybridized carbons (Fsp3) is 0.368. The fourth-order valence-electron chi connectivity index (χ4n) is 3.12. The van der Waals surface area contributed by atoms with E-state index < -0.39 is 0 Å². The molecule has 0 fully saturated rings. The lowest BCUT2D eigenvalue weighted by Crippen LogP contribution is -2.03. The van der Waals surface area contributed by atoms with Crippen LogP contribution in [0.25, 0.3) is 0 Å². The Labute approximate surface area is 145 Å². The standard InChI is InChI=1S/C19H22Br2/c1-10-7-12(3)18(20)14(5)16(10)9-17-11(2)8-13(4)19(21)15(17)6/h7-8H,9H2,1-6H3. The first-order valence-corrected chi connectivity index (χ1v) is 8.83. The summed E-state index contributed by atoms with van der Waals surface area (Å²) >= 11 is 7.46. The predicted octanol–water partition coefficient (Wildman–Crippen LogP) is 6.65. The molecule has 2 rings (SSSR count). The van der Waals surface area contributed by atoms with E-state index >= 15 is 0 Å². The minimum Gasteiger partial charge on any atom is -0.0550 e. The van der Waals surface area contributed by atoms with Crippen molar-refractivity contribution < 1.29 is 0 Å². The van der Waals surface area contributed by atoms with Crippen molar-refractivity contribution in [2.75, 3.05) is 0 Å². The third-order valence-corrected chi connectivity index (χ3v) is 6.87. The molecule has 0 heterocycles. The second kappa shape index (κ2) is 6.26. The SMILES string of the molecule is Cc1cc(C)c(Cc2c(C)cc(C)c(Br)c2C)c(C)c1Br. The van der Waals surface area contributed by atoms with Gasteiger partial charge in [-0.05, 0) is 92.5 Å². The third kappa shape index (κ3) is 3.12. The molecule has 0 N–H and O–H groups in total. The molecule has 0 aromatic heterocycles. The van der Waals surface area contributed by atoms with Crippen molar-refractivity contribution in [3.05, 3.63) is 65.6 Å². The summed E-state index contributed by atoms with van der Waals surface area (Å²) in [5.74, 6) is 0. The zero-order chi connectivity index (χ0) is 15.9. The van der Waals surface area contributed by atoms with Gasteiger partial charge in [0.15, 0.2) is 0 Å². The summed E-state index contributed by atoms with van der Waals surface area (Å²) in [5.41, 5.74) is 11.0. The Morgan fingerprint density at radius 2 is 0.952 bits per heavy atom. The van der Waals surface area contributed by atoms with Gasteiger partial charge in [0.2, 0.25) is 0 Å². The molecule has 112 valence electrons. The van der Waals surface area contributed by atoms with Crippen LogP contribution in [0.2, 0.25) is 0 Å². The quantitative estimate of drug-likeness (QED) is 0.520. The number of halogens is 2. The van der Waals surface area contributed by atoms with Gasteiger partial charge in [-0.1, -0.05) is 44.0 Å². The van der Waals surface area contributed by atoms with Crippen LogP contribution in [-0.2, 0) is 6.42 Å². The molecule has 0 unspecified atom stereocenters. The van der Waals surface area contributed by atoms with Crippen LogP contribution in [0, 0.1) is 41.5 Å². The van der Waals surface area contributed by atoms with Crippen molar-refractivity contribution in [3.8, 4) is 0 Å². The van der Waals surface area contributed by atoms with E-state index in [4.69, 9.17) is 0 Å². The lowest BCUT2D eigenvalue weighted by atomic mass is 9.89. The number of hydrogen-bond acceptors (Lipinski definition) is 0. The summed E-state index contributed by atoms with van der Waals surface area (Å²) in [7, 11) is 0. The van der Waals surface area contributed by atoms with E-state index in [2.05, 4.69) is 85.5 Å². The molecule has 2 heteroatoms. The van der Waals surface area contributed by atoms with Gasteiger partial charge in [0, 0.05) is 8.95 Å². The molecule has 0 bridgehead atoms. The maximum atomic E-state index is 3.73. The molecule has 21 heavy (non-hydrogen) atoms. The van der Waals surface area contributed by atoms with E-state index in [-0.39, 0.29) is 0 Å². The van der Waals surface area contributed by atoms with Crippen molar-refractivity contribution >= 4 is 31.9 Å². The van der Waals surface area contributed by atoms with E-state index in [1.54, 1.807) is 0 Å². The van der Waals surface area contributed by atoms with E-state index in [1.807, 2.05) is 0 Å². The Kier molecular flexibility index (Phi) is 4.99. The zero-order valence-electron chi connectivity index (χ0n) is 13.6. The summed E-state index contributed by atoms with van der Waals surface area (Å²) in [6, 6.07) is 4.56. The fourth-order valence-corrected chi connectivity index (χ4v) is 3.83. The highest BCUT2D eigenvalue weighted by Crippen LogP contribution is 2.33. The van der Waals surface area contributed by atoms with Gasteiger partial charge in [-0.15, -0.1) is 0 Å². The van der Waals surface area contributed by atoms with Crippen LogP contribution in [0.4, 0.5) is 0 Å². The average Bonchev–Trinajstić information content (AvgIpc) is 2.42. The molecular weight excluding hydrogens is 388 g/mol. The lowest BCUT2D eigenvalue weighted by Gasteiger charge is -2.18. The molecule has 2 aromatic carbocycles. The summed E-state index contributed by atoms with van der Waals surface area (Å²) in [6.45, 7) is 13.2. The first-order valence-electron chi connectivity index (χ1n) is 7.24. The third-order valence-electron chi connectivity index (χ3n) is 4.43. The number of hydrogen-bond donors (Lipinski definition) is 0. The number of benzene rings is 2. The van der Waals surface area contributed by atoms with Crippen molar-refractivity contribution in [2.24, 2.45) is 0 Å². The lowest BCUT2D eigenvalue weighted by molar-refractivity contribution is 1.06. The first-order chi connectivity index (χ1) is 9.73. The Balaban J connectivity index is 2.59. The minimum absolute atomic E-state index is 0.993. The minimum atomic E-state index is 0.993. The summed E-state index contributed by atoms with van der Waals surface area (Å²) in [5, 5.41) is 0. The molecule has 0 nitrogen and oxygen atoms in total. The molecule has 0 saturated carbocycles. The van der Waals surface area contributed by atoms with E-state index in [1.165, 1.54) is 53.5 Å². The van der Waals surface area contributed by atoms with E-state index in [0.717, 1.165) is 6.42 Å². The topological polar surface area (TPSA) is 0 Å². The van der Waals surface area contributed by atoms with Crippen LogP contribution in [-0.4, -0.2) is 0 Å². The Morgan fingerprint density at radius 1 is 0.619 bits per heavy atom. The van der Waals surface area contributed by atoms with Crippen molar-refractivity contribution in [3.63, 3.8) is 0 Å². The molecule has 0 radical (unpaired) electrons. The second-order valence-electron chi connectivity index (χ2n) is 6.03. The maximum Gasteiger partial charge on any atom is 0.0236 e. The summed E-state index contributed by atoms with van der Waals surface area (Å²) < 4.78 is 2.48. The van der Waals surface area contributed by atoms with Crippen molar-refractivity contribution in [1.82, 2.24) is 0 Å². The number of aryl methyl sites for hydroxylation is 4. The van der Waals surface area contributed by atoms with E-state index in [0.29, 0.717) is 0 Å². The van der Waals surface area contributed by atoms with Gasteiger partial charge in [-0.3, -0.25) is 0 Å². The predicted molar refractivity (Wildman–Crippen MR) is 99.5 cm³/mol. The van der Waals surface area contributed by atoms with Gasteiger partial charge in [-0.2, -0.15) is 0 Å². The number of rotatable bonds is 2. The second-order valence-corrected chi connectivity index (χ2v) is 7.62. The zero-order valence-corrected chi connectivity index (χ0v) is 16.8. The van der Waals surface area contributed by atoms with Crippen molar-refractivity contribution in [1.29, 1.82) is 0 Å². The maximum absolute atomic E-state index is 3.73. The molecule has 0 amide bonds. The molecule has 0 aliphatic heterocycles. The van der Waals surface area contributed by atoms with Crippen LogP contribution < -0.4 is 0 Å². The van der Waals surface area contributed by atoms with Gasteiger partial charge in [0.25, 0.3) is 0 Å². The smallest absolute Gasteiger partial charge is 0.0236 e. The Bertz CT molecular complexity index is 651. The van der Waals surface area contributed by atoms with Crippen molar-refractivity contribution in [2.45, 2.75) is 48.0 Å². The van der Waals surface area contributed by atoms with Crippen LogP contribution in [0.3, 0.4) is 0 Å². The molecule has 2 aromatic rings. The van der Waals surface area contributed by atoms with Gasteiger partial charge in [-0.25, -0.2) is 0 Å². The average molecular weight is 410 g/mol. The van der Waals surface area contributed by atoms with Gasteiger partial charge in [0.1, 0.15) is 0 Å². The molecular formula is C19H22Br2. The molecule has 0 spiro atoms. The highest BCUT2D eigenvalue weighted by molar-refractivity contribution is 9.10. The van der Waals surface area contributed by atoms with Gasteiger partial charge >= 0.3 is 0 Å². The highest BCUT2D eigenvalue weighted by Gasteiger charge is 2.14. The molecule has 0 aliphatic carbocycles. The largest absolute Gasteiger partial charge is 0.0550 e. The van der Waals surface area contributed by atoms with Gasteiger partial charge < -0.3 is 0 Å². The van der Waals surface area contributed by atoms with Crippen LogP contribution >= 0.6 is 31.9 Å².